The Morgan fingerprint density at radius 3 is 2.87 bits per heavy atom. The van der Waals surface area contributed by atoms with E-state index in [2.05, 4.69) is 15.5 Å². The van der Waals surface area contributed by atoms with Gasteiger partial charge in [-0.05, 0) is 22.6 Å². The summed E-state index contributed by atoms with van der Waals surface area (Å²) in [7, 11) is -1.91. The van der Waals surface area contributed by atoms with E-state index in [0.717, 1.165) is 0 Å². The molecule has 0 saturated carbocycles. The van der Waals surface area contributed by atoms with Crippen molar-refractivity contribution in [1.82, 2.24) is 24.5 Å². The monoisotopic (exact) mass is 339 g/mol. The van der Waals surface area contributed by atoms with E-state index in [-0.39, 0.29) is 24.9 Å². The van der Waals surface area contributed by atoms with Crippen LogP contribution in [0, 0.1) is 0 Å². The Bertz CT molecular complexity index is 749. The van der Waals surface area contributed by atoms with Gasteiger partial charge >= 0.3 is 0 Å². The number of sulfonamides is 1. The Hall–Kier alpha value is -2.20. The number of aryl methyl sites for hydroxylation is 1. The molecule has 1 aromatic carbocycles. The number of hydrogen-bond acceptors (Lipinski definition) is 7. The van der Waals surface area contributed by atoms with Crippen LogP contribution in [0.3, 0.4) is 0 Å². The van der Waals surface area contributed by atoms with E-state index in [0.29, 0.717) is 18.1 Å². The lowest BCUT2D eigenvalue weighted by molar-refractivity contribution is 0.0798. The number of para-hydroxylation sites is 2. The molecule has 2 aromatic rings. The lowest BCUT2D eigenvalue weighted by Gasteiger charge is -2.29. The minimum atomic E-state index is -3.43. The highest BCUT2D eigenvalue weighted by atomic mass is 32.2. The second-order valence-electron chi connectivity index (χ2n) is 5.17. The van der Waals surface area contributed by atoms with E-state index in [4.69, 9.17) is 9.47 Å². The molecular weight excluding hydrogens is 322 g/mol. The van der Waals surface area contributed by atoms with Crippen LogP contribution in [-0.2, 0) is 16.6 Å². The molecule has 2 heterocycles. The quantitative estimate of drug-likeness (QED) is 0.717. The summed E-state index contributed by atoms with van der Waals surface area (Å²) in [5.74, 6) is 1.22. The highest BCUT2D eigenvalue weighted by Crippen LogP contribution is 2.31. The maximum absolute atomic E-state index is 12.3. The summed E-state index contributed by atoms with van der Waals surface area (Å²) < 4.78 is 38.6. The van der Waals surface area contributed by atoms with Crippen LogP contribution in [0.25, 0.3) is 0 Å². The standard InChI is InChI=1S/C13H17N5O4S/c1-17(23(19,20)7-6-18-10-14-15-16-18)8-11-9-21-12-4-2-3-5-13(12)22-11/h2-5,10-11H,6-9H2,1H3. The predicted octanol–water partition coefficient (Wildman–Crippen LogP) is -0.225. The third-order valence-electron chi connectivity index (χ3n) is 3.47. The minimum Gasteiger partial charge on any atom is -0.486 e. The molecule has 1 aromatic heterocycles. The first-order valence-corrected chi connectivity index (χ1v) is 8.69. The van der Waals surface area contributed by atoms with Gasteiger partial charge < -0.3 is 9.47 Å². The van der Waals surface area contributed by atoms with Gasteiger partial charge in [0, 0.05) is 7.05 Å². The molecule has 1 unspecified atom stereocenters. The third kappa shape index (κ3) is 3.77. The summed E-state index contributed by atoms with van der Waals surface area (Å²) in [6.45, 7) is 0.723. The van der Waals surface area contributed by atoms with Crippen molar-refractivity contribution in [3.8, 4) is 11.5 Å². The molecule has 23 heavy (non-hydrogen) atoms. The number of aromatic nitrogens is 4. The van der Waals surface area contributed by atoms with Gasteiger partial charge in [0.1, 0.15) is 19.0 Å². The van der Waals surface area contributed by atoms with Crippen molar-refractivity contribution < 1.29 is 17.9 Å². The van der Waals surface area contributed by atoms with Gasteiger partial charge in [0.2, 0.25) is 10.0 Å². The molecule has 9 nitrogen and oxygen atoms in total. The molecule has 10 heteroatoms. The molecule has 0 spiro atoms. The molecule has 0 saturated heterocycles. The van der Waals surface area contributed by atoms with Crippen LogP contribution >= 0.6 is 0 Å². The van der Waals surface area contributed by atoms with Crippen LogP contribution in [0.4, 0.5) is 0 Å². The predicted molar refractivity (Wildman–Crippen MR) is 80.6 cm³/mol. The van der Waals surface area contributed by atoms with Gasteiger partial charge in [-0.1, -0.05) is 12.1 Å². The van der Waals surface area contributed by atoms with Crippen molar-refractivity contribution in [2.24, 2.45) is 0 Å². The van der Waals surface area contributed by atoms with Crippen LogP contribution < -0.4 is 9.47 Å². The molecule has 124 valence electrons. The largest absolute Gasteiger partial charge is 0.486 e. The SMILES string of the molecule is CN(CC1COc2ccccc2O1)S(=O)(=O)CCn1cnnn1. The summed E-state index contributed by atoms with van der Waals surface area (Å²) in [4.78, 5) is 0. The maximum Gasteiger partial charge on any atom is 0.215 e. The van der Waals surface area contributed by atoms with Crippen molar-refractivity contribution in [1.29, 1.82) is 0 Å². The average Bonchev–Trinajstić information content (AvgIpc) is 3.06. The average molecular weight is 339 g/mol. The van der Waals surface area contributed by atoms with Crippen LogP contribution in [0.5, 0.6) is 11.5 Å². The molecule has 1 aliphatic rings. The highest BCUT2D eigenvalue weighted by Gasteiger charge is 2.26. The molecule has 0 aliphatic carbocycles. The second kappa shape index (κ2) is 6.50. The van der Waals surface area contributed by atoms with Crippen LogP contribution in [-0.4, -0.2) is 65.0 Å². The Kier molecular flexibility index (Phi) is 4.44. The van der Waals surface area contributed by atoms with Gasteiger partial charge in [0.05, 0.1) is 18.8 Å². The molecular formula is C13H17N5O4S. The highest BCUT2D eigenvalue weighted by molar-refractivity contribution is 7.89. The molecule has 1 aliphatic heterocycles. The second-order valence-corrected chi connectivity index (χ2v) is 7.36. The van der Waals surface area contributed by atoms with Crippen molar-refractivity contribution in [3.05, 3.63) is 30.6 Å². The van der Waals surface area contributed by atoms with Gasteiger partial charge in [0.25, 0.3) is 0 Å². The van der Waals surface area contributed by atoms with E-state index in [9.17, 15) is 8.42 Å². The molecule has 0 radical (unpaired) electrons. The fourth-order valence-electron chi connectivity index (χ4n) is 2.20. The number of tetrazole rings is 1. The molecule has 0 fully saturated rings. The van der Waals surface area contributed by atoms with Crippen molar-refractivity contribution >= 4 is 10.0 Å². The summed E-state index contributed by atoms with van der Waals surface area (Å²) in [5.41, 5.74) is 0. The number of ether oxygens (including phenoxy) is 2. The normalized spacial score (nSPS) is 17.4. The summed E-state index contributed by atoms with van der Waals surface area (Å²) >= 11 is 0. The Morgan fingerprint density at radius 1 is 1.35 bits per heavy atom. The molecule has 0 N–H and O–H groups in total. The maximum atomic E-state index is 12.3. The van der Waals surface area contributed by atoms with Crippen molar-refractivity contribution in [2.75, 3.05) is 26.0 Å². The lowest BCUT2D eigenvalue weighted by atomic mass is 10.2. The molecule has 0 amide bonds. The van der Waals surface area contributed by atoms with E-state index in [1.165, 1.54) is 22.4 Å². The van der Waals surface area contributed by atoms with E-state index in [1.807, 2.05) is 18.2 Å². The van der Waals surface area contributed by atoms with Gasteiger partial charge in [0.15, 0.2) is 11.5 Å². The zero-order valence-corrected chi connectivity index (χ0v) is 13.4. The fourth-order valence-corrected chi connectivity index (χ4v) is 3.32. The first-order chi connectivity index (χ1) is 11.0. The molecule has 0 bridgehead atoms. The van der Waals surface area contributed by atoms with Crippen LogP contribution in [0.2, 0.25) is 0 Å². The van der Waals surface area contributed by atoms with Gasteiger partial charge in [-0.2, -0.15) is 0 Å². The van der Waals surface area contributed by atoms with Crippen molar-refractivity contribution in [2.45, 2.75) is 12.6 Å². The topological polar surface area (TPSA) is 99.4 Å². The Morgan fingerprint density at radius 2 is 2.13 bits per heavy atom. The zero-order chi connectivity index (χ0) is 16.3. The van der Waals surface area contributed by atoms with Crippen LogP contribution in [0.1, 0.15) is 0 Å². The number of nitrogens with zero attached hydrogens (tertiary/aromatic N) is 5. The van der Waals surface area contributed by atoms with E-state index in [1.54, 1.807) is 6.07 Å². The van der Waals surface area contributed by atoms with Crippen molar-refractivity contribution in [3.63, 3.8) is 0 Å². The van der Waals surface area contributed by atoms with Gasteiger partial charge in [-0.15, -0.1) is 5.10 Å². The minimum absolute atomic E-state index is 0.0846. The molecule has 1 atom stereocenters. The Labute approximate surface area is 133 Å². The summed E-state index contributed by atoms with van der Waals surface area (Å²) in [5, 5.41) is 10.6. The van der Waals surface area contributed by atoms with Gasteiger partial charge in [-0.25, -0.2) is 17.4 Å². The number of rotatable bonds is 6. The fraction of sp³-hybridized carbons (Fsp3) is 0.462. The lowest BCUT2D eigenvalue weighted by Crippen LogP contribution is -2.42. The third-order valence-corrected chi connectivity index (χ3v) is 5.27. The Balaban J connectivity index is 1.57. The first kappa shape index (κ1) is 15.7. The zero-order valence-electron chi connectivity index (χ0n) is 12.6. The van der Waals surface area contributed by atoms with E-state index < -0.39 is 10.0 Å². The summed E-state index contributed by atoms with van der Waals surface area (Å²) in [6, 6.07) is 7.32. The number of fused-ring (bicyclic) bond motifs is 1. The smallest absolute Gasteiger partial charge is 0.215 e. The number of likely N-dealkylation sites (N-methyl/N-ethyl adjacent to an activating group) is 1. The molecule has 3 rings (SSSR count). The number of hydrogen-bond donors (Lipinski definition) is 0. The first-order valence-electron chi connectivity index (χ1n) is 7.08. The van der Waals surface area contributed by atoms with Gasteiger partial charge in [-0.3, -0.25) is 0 Å². The summed E-state index contributed by atoms with van der Waals surface area (Å²) in [6.07, 6.45) is 1.03. The van der Waals surface area contributed by atoms with E-state index >= 15 is 0 Å². The van der Waals surface area contributed by atoms with Crippen LogP contribution in [0.15, 0.2) is 30.6 Å². The number of benzene rings is 1.